The van der Waals surface area contributed by atoms with Crippen LogP contribution in [0.25, 0.3) is 11.4 Å². The third kappa shape index (κ3) is 4.14. The number of methoxy groups -OCH3 is 2. The summed E-state index contributed by atoms with van der Waals surface area (Å²) in [6, 6.07) is 8.21. The van der Waals surface area contributed by atoms with Crippen molar-refractivity contribution in [2.45, 2.75) is 19.3 Å². The highest BCUT2D eigenvalue weighted by molar-refractivity contribution is 5.56. The van der Waals surface area contributed by atoms with Gasteiger partial charge in [0, 0.05) is 11.0 Å². The first-order valence-electron chi connectivity index (χ1n) is 7.13. The summed E-state index contributed by atoms with van der Waals surface area (Å²) in [5.41, 5.74) is 1.70. The van der Waals surface area contributed by atoms with Crippen LogP contribution in [0.5, 0.6) is 12.0 Å². The second kappa shape index (κ2) is 7.34. The second-order valence-electron chi connectivity index (χ2n) is 5.57. The lowest BCUT2D eigenvalue weighted by atomic mass is 9.85. The van der Waals surface area contributed by atoms with Gasteiger partial charge in [-0.25, -0.2) is 0 Å². The summed E-state index contributed by atoms with van der Waals surface area (Å²) in [7, 11) is 2.98. The number of rotatable bonds is 7. The van der Waals surface area contributed by atoms with Crippen molar-refractivity contribution in [1.82, 2.24) is 15.0 Å². The molecule has 0 aliphatic carbocycles. The molecule has 0 aliphatic heterocycles. The Morgan fingerprint density at radius 3 is 2.00 bits per heavy atom. The van der Waals surface area contributed by atoms with Crippen molar-refractivity contribution < 1.29 is 19.3 Å². The number of ether oxygens (including phenoxy) is 3. The van der Waals surface area contributed by atoms with Gasteiger partial charge in [0.2, 0.25) is 0 Å². The average Bonchev–Trinajstić information content (AvgIpc) is 2.59. The van der Waals surface area contributed by atoms with Gasteiger partial charge in [0.05, 0.1) is 20.8 Å². The first kappa shape index (κ1) is 17.1. The van der Waals surface area contributed by atoms with E-state index in [1.54, 1.807) is 0 Å². The molecular weight excluding hydrogens is 298 g/mol. The molecule has 1 heterocycles. The molecule has 23 heavy (non-hydrogen) atoms. The van der Waals surface area contributed by atoms with E-state index in [9.17, 15) is 0 Å². The zero-order valence-electron chi connectivity index (χ0n) is 13.7. The number of aliphatic hydroxyl groups excluding tert-OH is 1. The monoisotopic (exact) mass is 319 g/mol. The van der Waals surface area contributed by atoms with Gasteiger partial charge in [0.15, 0.2) is 5.82 Å². The SMILES string of the molecule is COc1nc(OC)nc(-c2ccc(C(C)(C)COCO)cc2)n1. The molecule has 0 saturated carbocycles. The largest absolute Gasteiger partial charge is 0.467 e. The summed E-state index contributed by atoms with van der Waals surface area (Å²) >= 11 is 0. The zero-order chi connectivity index (χ0) is 16.9. The van der Waals surface area contributed by atoms with Crippen LogP contribution in [-0.4, -0.2) is 47.7 Å². The maximum Gasteiger partial charge on any atom is 0.322 e. The van der Waals surface area contributed by atoms with E-state index in [1.807, 2.05) is 38.1 Å². The molecule has 0 unspecified atom stereocenters. The van der Waals surface area contributed by atoms with E-state index in [0.717, 1.165) is 11.1 Å². The van der Waals surface area contributed by atoms with Gasteiger partial charge >= 0.3 is 12.0 Å². The molecule has 0 aliphatic rings. The van der Waals surface area contributed by atoms with Crippen molar-refractivity contribution in [3.05, 3.63) is 29.8 Å². The minimum absolute atomic E-state index is 0.201. The molecule has 0 bridgehead atoms. The van der Waals surface area contributed by atoms with E-state index in [1.165, 1.54) is 14.2 Å². The van der Waals surface area contributed by atoms with Crippen molar-refractivity contribution in [2.75, 3.05) is 27.6 Å². The predicted molar refractivity (Wildman–Crippen MR) is 84.4 cm³/mol. The summed E-state index contributed by atoms with van der Waals surface area (Å²) in [4.78, 5) is 12.4. The Balaban J connectivity index is 2.29. The van der Waals surface area contributed by atoms with Crippen LogP contribution in [0.1, 0.15) is 19.4 Å². The van der Waals surface area contributed by atoms with E-state index < -0.39 is 0 Å². The highest BCUT2D eigenvalue weighted by Gasteiger charge is 2.21. The van der Waals surface area contributed by atoms with Crippen LogP contribution in [0, 0.1) is 0 Å². The molecule has 0 spiro atoms. The van der Waals surface area contributed by atoms with E-state index in [4.69, 9.17) is 19.3 Å². The van der Waals surface area contributed by atoms with Crippen LogP contribution in [-0.2, 0) is 10.2 Å². The lowest BCUT2D eigenvalue weighted by Crippen LogP contribution is -2.24. The Morgan fingerprint density at radius 1 is 0.957 bits per heavy atom. The molecule has 124 valence electrons. The van der Waals surface area contributed by atoms with Gasteiger partial charge in [-0.05, 0) is 5.56 Å². The van der Waals surface area contributed by atoms with Crippen molar-refractivity contribution in [1.29, 1.82) is 0 Å². The maximum absolute atomic E-state index is 8.80. The van der Waals surface area contributed by atoms with Gasteiger partial charge in [-0.1, -0.05) is 38.1 Å². The summed E-state index contributed by atoms with van der Waals surface area (Å²) in [6.07, 6.45) is 0. The van der Waals surface area contributed by atoms with Crippen LogP contribution in [0.4, 0.5) is 0 Å². The van der Waals surface area contributed by atoms with Gasteiger partial charge in [0.25, 0.3) is 0 Å². The van der Waals surface area contributed by atoms with Gasteiger partial charge < -0.3 is 19.3 Å². The lowest BCUT2D eigenvalue weighted by molar-refractivity contribution is -0.0198. The highest BCUT2D eigenvalue weighted by Crippen LogP contribution is 2.26. The third-order valence-corrected chi connectivity index (χ3v) is 3.44. The maximum atomic E-state index is 8.80. The van der Waals surface area contributed by atoms with E-state index in [-0.39, 0.29) is 24.2 Å². The van der Waals surface area contributed by atoms with E-state index in [0.29, 0.717) is 12.4 Å². The first-order valence-corrected chi connectivity index (χ1v) is 7.13. The Hall–Kier alpha value is -2.25. The number of benzene rings is 1. The van der Waals surface area contributed by atoms with Crippen LogP contribution in [0.2, 0.25) is 0 Å². The molecule has 0 saturated heterocycles. The lowest BCUT2D eigenvalue weighted by Gasteiger charge is -2.24. The van der Waals surface area contributed by atoms with Gasteiger partial charge in [-0.15, -0.1) is 4.98 Å². The molecule has 0 amide bonds. The Morgan fingerprint density at radius 2 is 1.52 bits per heavy atom. The first-order chi connectivity index (χ1) is 11.0. The van der Waals surface area contributed by atoms with Crippen molar-refractivity contribution in [2.24, 2.45) is 0 Å². The van der Waals surface area contributed by atoms with Crippen molar-refractivity contribution in [3.8, 4) is 23.4 Å². The summed E-state index contributed by atoms with van der Waals surface area (Å²) < 4.78 is 15.2. The summed E-state index contributed by atoms with van der Waals surface area (Å²) in [6.45, 7) is 4.24. The standard InChI is InChI=1S/C16H21N3O4/c1-16(2,9-23-10-20)12-7-5-11(6-8-12)13-17-14(21-3)19-15(18-13)22-4/h5-8,20H,9-10H2,1-4H3. The number of hydrogen-bond acceptors (Lipinski definition) is 7. The van der Waals surface area contributed by atoms with Crippen LogP contribution in [0.3, 0.4) is 0 Å². The van der Waals surface area contributed by atoms with Crippen LogP contribution >= 0.6 is 0 Å². The van der Waals surface area contributed by atoms with Gasteiger partial charge in [-0.3, -0.25) is 0 Å². The number of nitrogens with zero attached hydrogens (tertiary/aromatic N) is 3. The molecule has 2 aromatic rings. The fourth-order valence-electron chi connectivity index (χ4n) is 2.10. The Kier molecular flexibility index (Phi) is 5.46. The zero-order valence-corrected chi connectivity index (χ0v) is 13.7. The van der Waals surface area contributed by atoms with Gasteiger partial charge in [-0.2, -0.15) is 9.97 Å². The second-order valence-corrected chi connectivity index (χ2v) is 5.57. The predicted octanol–water partition coefficient (Wildman–Crippen LogP) is 1.80. The molecule has 7 heteroatoms. The van der Waals surface area contributed by atoms with Crippen molar-refractivity contribution in [3.63, 3.8) is 0 Å². The fourth-order valence-corrected chi connectivity index (χ4v) is 2.10. The molecule has 7 nitrogen and oxygen atoms in total. The van der Waals surface area contributed by atoms with Crippen molar-refractivity contribution >= 4 is 0 Å². The molecule has 0 atom stereocenters. The normalized spacial score (nSPS) is 11.3. The molecule has 1 N–H and O–H groups in total. The molecule has 0 radical (unpaired) electrons. The Bertz CT molecular complexity index is 622. The van der Waals surface area contributed by atoms with E-state index in [2.05, 4.69) is 15.0 Å². The minimum Gasteiger partial charge on any atom is -0.467 e. The molecule has 0 fully saturated rings. The smallest absolute Gasteiger partial charge is 0.322 e. The number of aromatic nitrogens is 3. The third-order valence-electron chi connectivity index (χ3n) is 3.44. The summed E-state index contributed by atoms with van der Waals surface area (Å²) in [5, 5.41) is 8.80. The molecule has 1 aromatic carbocycles. The molecule has 1 aromatic heterocycles. The Labute approximate surface area is 135 Å². The minimum atomic E-state index is -0.286. The van der Waals surface area contributed by atoms with Crippen LogP contribution < -0.4 is 9.47 Å². The van der Waals surface area contributed by atoms with Crippen LogP contribution in [0.15, 0.2) is 24.3 Å². The average molecular weight is 319 g/mol. The number of aliphatic hydroxyl groups is 1. The summed E-state index contributed by atoms with van der Waals surface area (Å²) in [5.74, 6) is 0.477. The topological polar surface area (TPSA) is 86.6 Å². The fraction of sp³-hybridized carbons (Fsp3) is 0.438. The quantitative estimate of drug-likeness (QED) is 0.779. The molecular formula is C16H21N3O4. The molecule has 2 rings (SSSR count). The van der Waals surface area contributed by atoms with E-state index >= 15 is 0 Å². The number of hydrogen-bond donors (Lipinski definition) is 1. The highest BCUT2D eigenvalue weighted by atomic mass is 16.6. The van der Waals surface area contributed by atoms with Gasteiger partial charge in [0.1, 0.15) is 6.79 Å².